The molecule has 19 heavy (non-hydrogen) atoms. The molecule has 0 radical (unpaired) electrons. The van der Waals surface area contributed by atoms with E-state index in [1.54, 1.807) is 11.3 Å². The number of thiazole rings is 1. The van der Waals surface area contributed by atoms with Crippen LogP contribution >= 0.6 is 22.9 Å². The van der Waals surface area contributed by atoms with Gasteiger partial charge in [-0.25, -0.2) is 4.98 Å². The highest BCUT2D eigenvalue weighted by Gasteiger charge is 2.14. The fourth-order valence-electron chi connectivity index (χ4n) is 2.49. The Balaban J connectivity index is 1.72. The number of aromatic nitrogens is 1. The van der Waals surface area contributed by atoms with Crippen molar-refractivity contribution >= 4 is 38.3 Å². The number of hydrogen-bond acceptors (Lipinski definition) is 4. The van der Waals surface area contributed by atoms with Crippen LogP contribution in [0.2, 0.25) is 5.02 Å². The Labute approximate surface area is 122 Å². The number of aryl methyl sites for hydroxylation is 1. The molecular weight excluding hydrogens is 278 g/mol. The topological polar surface area (TPSA) is 37.0 Å². The minimum absolute atomic E-state index is 0.762. The maximum atomic E-state index is 6.13. The fraction of sp³-hybridized carbons (Fsp3) is 0.500. The molecule has 1 aliphatic rings. The second-order valence-electron chi connectivity index (χ2n) is 5.11. The summed E-state index contributed by atoms with van der Waals surface area (Å²) in [5.74, 6) is 0.762. The Hall–Kier alpha value is -0.840. The van der Waals surface area contributed by atoms with E-state index >= 15 is 0 Å². The van der Waals surface area contributed by atoms with Gasteiger partial charge in [0, 0.05) is 11.6 Å². The summed E-state index contributed by atoms with van der Waals surface area (Å²) >= 11 is 7.85. The molecule has 0 bridgehead atoms. The third-order valence-corrected chi connectivity index (χ3v) is 5.14. The van der Waals surface area contributed by atoms with Crippen molar-refractivity contribution in [3.8, 4) is 0 Å². The van der Waals surface area contributed by atoms with Crippen molar-refractivity contribution in [2.45, 2.75) is 19.8 Å². The number of benzene rings is 1. The molecule has 0 aliphatic carbocycles. The van der Waals surface area contributed by atoms with E-state index in [0.717, 1.165) is 46.8 Å². The number of fused-ring (bicyclic) bond motifs is 1. The zero-order chi connectivity index (χ0) is 13.2. The lowest BCUT2D eigenvalue weighted by atomic mass is 9.98. The number of hydrogen-bond donors (Lipinski definition) is 2. The van der Waals surface area contributed by atoms with Gasteiger partial charge in [0.25, 0.3) is 0 Å². The molecule has 0 atom stereocenters. The lowest BCUT2D eigenvalue weighted by Gasteiger charge is -2.22. The third kappa shape index (κ3) is 2.86. The molecule has 1 fully saturated rings. The van der Waals surface area contributed by atoms with Crippen molar-refractivity contribution in [1.29, 1.82) is 0 Å². The van der Waals surface area contributed by atoms with Gasteiger partial charge in [-0.2, -0.15) is 0 Å². The molecule has 5 heteroatoms. The average molecular weight is 296 g/mol. The van der Waals surface area contributed by atoms with Crippen LogP contribution in [0.5, 0.6) is 0 Å². The lowest BCUT2D eigenvalue weighted by Crippen LogP contribution is -2.31. The predicted octanol–water partition coefficient (Wildman–Crippen LogP) is 3.67. The molecular formula is C14H18ClN3S. The largest absolute Gasteiger partial charge is 0.361 e. The van der Waals surface area contributed by atoms with Crippen molar-refractivity contribution in [3.63, 3.8) is 0 Å². The molecule has 0 saturated carbocycles. The van der Waals surface area contributed by atoms with Crippen LogP contribution in [0.4, 0.5) is 5.13 Å². The maximum absolute atomic E-state index is 6.13. The summed E-state index contributed by atoms with van der Waals surface area (Å²) in [5.41, 5.74) is 2.11. The van der Waals surface area contributed by atoms with Gasteiger partial charge in [-0.1, -0.05) is 22.9 Å². The van der Waals surface area contributed by atoms with E-state index in [2.05, 4.69) is 21.7 Å². The lowest BCUT2D eigenvalue weighted by molar-refractivity contribution is 0.390. The molecule has 1 aromatic heterocycles. The smallest absolute Gasteiger partial charge is 0.183 e. The molecule has 0 unspecified atom stereocenters. The van der Waals surface area contributed by atoms with E-state index < -0.39 is 0 Å². The second kappa shape index (κ2) is 5.65. The quantitative estimate of drug-likeness (QED) is 0.907. The zero-order valence-corrected chi connectivity index (χ0v) is 12.6. The van der Waals surface area contributed by atoms with Gasteiger partial charge in [0.1, 0.15) is 0 Å². The van der Waals surface area contributed by atoms with Gasteiger partial charge >= 0.3 is 0 Å². The van der Waals surface area contributed by atoms with Crippen molar-refractivity contribution in [2.75, 3.05) is 25.0 Å². The number of halogens is 1. The van der Waals surface area contributed by atoms with Crippen LogP contribution in [-0.2, 0) is 0 Å². The summed E-state index contributed by atoms with van der Waals surface area (Å²) in [6.07, 6.45) is 2.51. The van der Waals surface area contributed by atoms with Crippen LogP contribution in [0.15, 0.2) is 12.1 Å². The first kappa shape index (κ1) is 13.2. The highest BCUT2D eigenvalue weighted by Crippen LogP contribution is 2.31. The minimum atomic E-state index is 0.762. The van der Waals surface area contributed by atoms with E-state index in [0.29, 0.717) is 0 Å². The van der Waals surface area contributed by atoms with E-state index in [1.165, 1.54) is 17.5 Å². The molecule has 102 valence electrons. The first-order valence-corrected chi connectivity index (χ1v) is 7.93. The van der Waals surface area contributed by atoms with Crippen molar-refractivity contribution in [3.05, 3.63) is 22.7 Å². The molecule has 0 amide bonds. The van der Waals surface area contributed by atoms with Crippen molar-refractivity contribution < 1.29 is 0 Å². The highest BCUT2D eigenvalue weighted by molar-refractivity contribution is 7.22. The summed E-state index contributed by atoms with van der Waals surface area (Å²) < 4.78 is 1.20. The number of nitrogens with one attached hydrogen (secondary N) is 2. The Morgan fingerprint density at radius 2 is 2.21 bits per heavy atom. The summed E-state index contributed by atoms with van der Waals surface area (Å²) in [6.45, 7) is 5.33. The number of rotatable bonds is 3. The highest BCUT2D eigenvalue weighted by atomic mass is 35.5. The van der Waals surface area contributed by atoms with Crippen molar-refractivity contribution in [1.82, 2.24) is 10.3 Å². The Bertz CT molecular complexity index is 575. The standard InChI is InChI=1S/C14H18ClN3S/c1-9-11(15)2-3-12-13(9)18-14(19-12)17-8-10-4-6-16-7-5-10/h2-3,10,16H,4-8H2,1H3,(H,17,18). The minimum Gasteiger partial charge on any atom is -0.361 e. The summed E-state index contributed by atoms with van der Waals surface area (Å²) in [7, 11) is 0. The molecule has 0 spiro atoms. The molecule has 2 N–H and O–H groups in total. The first-order valence-electron chi connectivity index (χ1n) is 6.74. The normalized spacial score (nSPS) is 16.9. The van der Waals surface area contributed by atoms with E-state index in [-0.39, 0.29) is 0 Å². The monoisotopic (exact) mass is 295 g/mol. The van der Waals surface area contributed by atoms with Crippen molar-refractivity contribution in [2.24, 2.45) is 5.92 Å². The van der Waals surface area contributed by atoms with Crippen LogP contribution in [0, 0.1) is 12.8 Å². The van der Waals surface area contributed by atoms with Crippen LogP contribution in [0.25, 0.3) is 10.2 Å². The Kier molecular flexibility index (Phi) is 3.91. The third-order valence-electron chi connectivity index (χ3n) is 3.75. The van der Waals surface area contributed by atoms with Gasteiger partial charge in [0.15, 0.2) is 5.13 Å². The Morgan fingerprint density at radius 3 is 3.00 bits per heavy atom. The van der Waals surface area contributed by atoms with Gasteiger partial charge in [-0.15, -0.1) is 0 Å². The zero-order valence-electron chi connectivity index (χ0n) is 11.0. The molecule has 1 saturated heterocycles. The van der Waals surface area contributed by atoms with Crippen LogP contribution < -0.4 is 10.6 Å². The summed E-state index contributed by atoms with van der Waals surface area (Å²) in [6, 6.07) is 4.01. The number of nitrogens with zero attached hydrogens (tertiary/aromatic N) is 1. The first-order chi connectivity index (χ1) is 9.24. The Morgan fingerprint density at radius 1 is 1.42 bits per heavy atom. The van der Waals surface area contributed by atoms with Gasteiger partial charge < -0.3 is 10.6 Å². The van der Waals surface area contributed by atoms with E-state index in [9.17, 15) is 0 Å². The number of piperidine rings is 1. The molecule has 3 nitrogen and oxygen atoms in total. The van der Waals surface area contributed by atoms with Crippen LogP contribution in [0.1, 0.15) is 18.4 Å². The van der Waals surface area contributed by atoms with Gasteiger partial charge in [-0.05, 0) is 56.5 Å². The second-order valence-corrected chi connectivity index (χ2v) is 6.55. The maximum Gasteiger partial charge on any atom is 0.183 e. The molecule has 1 aliphatic heterocycles. The summed E-state index contributed by atoms with van der Waals surface area (Å²) in [5, 5.41) is 8.69. The van der Waals surface area contributed by atoms with E-state index in [4.69, 9.17) is 11.6 Å². The van der Waals surface area contributed by atoms with Gasteiger partial charge in [0.2, 0.25) is 0 Å². The molecule has 1 aromatic carbocycles. The van der Waals surface area contributed by atoms with Crippen LogP contribution in [0.3, 0.4) is 0 Å². The summed E-state index contributed by atoms with van der Waals surface area (Å²) in [4.78, 5) is 4.66. The molecule has 2 heterocycles. The SMILES string of the molecule is Cc1c(Cl)ccc2sc(NCC3CCNCC3)nc12. The van der Waals surface area contributed by atoms with Gasteiger partial charge in [0.05, 0.1) is 10.2 Å². The van der Waals surface area contributed by atoms with E-state index in [1.807, 2.05) is 13.0 Å². The average Bonchev–Trinajstić information content (AvgIpc) is 2.86. The predicted molar refractivity (Wildman–Crippen MR) is 83.5 cm³/mol. The van der Waals surface area contributed by atoms with Gasteiger partial charge in [-0.3, -0.25) is 0 Å². The van der Waals surface area contributed by atoms with Crippen LogP contribution in [-0.4, -0.2) is 24.6 Å². The number of anilines is 1. The molecule has 3 rings (SSSR count). The fourth-order valence-corrected chi connectivity index (χ4v) is 3.58. The molecule has 2 aromatic rings.